The predicted octanol–water partition coefficient (Wildman–Crippen LogP) is 3.88. The van der Waals surface area contributed by atoms with Gasteiger partial charge in [0.15, 0.2) is 0 Å². The van der Waals surface area contributed by atoms with Crippen molar-refractivity contribution in [2.24, 2.45) is 0 Å². The summed E-state index contributed by atoms with van der Waals surface area (Å²) in [5.74, 6) is 0. The van der Waals surface area contributed by atoms with Gasteiger partial charge >= 0.3 is 0 Å². The molecule has 20 heavy (non-hydrogen) atoms. The molecule has 0 unspecified atom stereocenters. The molecular weight excluding hydrogens is 250 g/mol. The largest absolute Gasteiger partial charge is 0.472 e. The van der Waals surface area contributed by atoms with Crippen molar-refractivity contribution in [3.8, 4) is 22.5 Å². The van der Waals surface area contributed by atoms with E-state index >= 15 is 0 Å². The van der Waals surface area contributed by atoms with E-state index in [2.05, 4.69) is 15.2 Å². The van der Waals surface area contributed by atoms with Crippen LogP contribution in [0.5, 0.6) is 0 Å². The van der Waals surface area contributed by atoms with Gasteiger partial charge in [-0.2, -0.15) is 5.10 Å². The summed E-state index contributed by atoms with van der Waals surface area (Å²) in [5, 5.41) is 8.52. The smallest absolute Gasteiger partial charge is 0.102 e. The van der Waals surface area contributed by atoms with Crippen molar-refractivity contribution >= 4 is 10.9 Å². The molecule has 4 heteroatoms. The van der Waals surface area contributed by atoms with Crippen LogP contribution in [0.15, 0.2) is 65.6 Å². The molecule has 1 N–H and O–H groups in total. The first-order valence-corrected chi connectivity index (χ1v) is 6.34. The van der Waals surface area contributed by atoms with Crippen molar-refractivity contribution in [1.82, 2.24) is 15.2 Å². The molecule has 1 aromatic carbocycles. The Morgan fingerprint density at radius 2 is 1.80 bits per heavy atom. The van der Waals surface area contributed by atoms with Crippen molar-refractivity contribution < 1.29 is 4.42 Å². The third-order valence-corrected chi connectivity index (χ3v) is 3.32. The molecule has 0 aliphatic rings. The van der Waals surface area contributed by atoms with Crippen LogP contribution in [-0.2, 0) is 0 Å². The molecule has 0 spiro atoms. The number of aromatic amines is 1. The number of hydrogen-bond acceptors (Lipinski definition) is 3. The first kappa shape index (κ1) is 11.0. The minimum absolute atomic E-state index is 0.879. The highest BCUT2D eigenvalue weighted by Crippen LogP contribution is 2.33. The van der Waals surface area contributed by atoms with E-state index in [9.17, 15) is 0 Å². The lowest BCUT2D eigenvalue weighted by Crippen LogP contribution is -1.84. The second kappa shape index (κ2) is 4.35. The summed E-state index contributed by atoms with van der Waals surface area (Å²) in [6.07, 6.45) is 5.12. The molecule has 4 nitrogen and oxygen atoms in total. The molecule has 0 saturated heterocycles. The maximum absolute atomic E-state index is 5.17. The van der Waals surface area contributed by atoms with E-state index in [4.69, 9.17) is 4.42 Å². The van der Waals surface area contributed by atoms with Gasteiger partial charge in [0.1, 0.15) is 5.69 Å². The van der Waals surface area contributed by atoms with Gasteiger partial charge in [0.05, 0.1) is 29.1 Å². The molecule has 4 aromatic rings. The fourth-order valence-electron chi connectivity index (χ4n) is 2.39. The molecule has 0 aliphatic heterocycles. The summed E-state index contributed by atoms with van der Waals surface area (Å²) >= 11 is 0. The number of H-pyrrole nitrogens is 1. The van der Waals surface area contributed by atoms with E-state index in [-0.39, 0.29) is 0 Å². The van der Waals surface area contributed by atoms with Crippen LogP contribution in [0.25, 0.3) is 33.4 Å². The lowest BCUT2D eigenvalue weighted by Gasteiger charge is -2.02. The Balaban J connectivity index is 2.04. The number of nitrogens with zero attached hydrogens (tertiary/aromatic N) is 2. The van der Waals surface area contributed by atoms with Crippen molar-refractivity contribution in [2.45, 2.75) is 0 Å². The quantitative estimate of drug-likeness (QED) is 0.595. The number of benzene rings is 1. The lowest BCUT2D eigenvalue weighted by molar-refractivity contribution is 0.568. The fourth-order valence-corrected chi connectivity index (χ4v) is 2.39. The predicted molar refractivity (Wildman–Crippen MR) is 77.0 cm³/mol. The second-order valence-corrected chi connectivity index (χ2v) is 4.53. The van der Waals surface area contributed by atoms with Crippen molar-refractivity contribution in [3.63, 3.8) is 0 Å². The monoisotopic (exact) mass is 261 g/mol. The van der Waals surface area contributed by atoms with Crippen molar-refractivity contribution in [3.05, 3.63) is 61.2 Å². The van der Waals surface area contributed by atoms with E-state index < -0.39 is 0 Å². The molecular formula is C16H11N3O. The summed E-state index contributed by atoms with van der Waals surface area (Å²) in [6.45, 7) is 0. The van der Waals surface area contributed by atoms with E-state index in [0.717, 1.165) is 33.4 Å². The van der Waals surface area contributed by atoms with Gasteiger partial charge in [-0.15, -0.1) is 0 Å². The van der Waals surface area contributed by atoms with Gasteiger partial charge in [-0.1, -0.05) is 30.3 Å². The normalized spacial score (nSPS) is 11.0. The Labute approximate surface area is 115 Å². The minimum Gasteiger partial charge on any atom is -0.472 e. The fraction of sp³-hybridized carbons (Fsp3) is 0. The summed E-state index contributed by atoms with van der Waals surface area (Å²) < 4.78 is 5.17. The summed E-state index contributed by atoms with van der Waals surface area (Å²) in [4.78, 5) is 4.49. The Kier molecular flexibility index (Phi) is 2.39. The van der Waals surface area contributed by atoms with Gasteiger partial charge in [0.2, 0.25) is 0 Å². The van der Waals surface area contributed by atoms with Gasteiger partial charge in [0.25, 0.3) is 0 Å². The van der Waals surface area contributed by atoms with Crippen molar-refractivity contribution in [2.75, 3.05) is 0 Å². The Hall–Kier alpha value is -2.88. The third kappa shape index (κ3) is 1.62. The van der Waals surface area contributed by atoms with Crippen LogP contribution in [0.3, 0.4) is 0 Å². The number of pyridine rings is 1. The molecule has 0 amide bonds. The molecule has 0 saturated carbocycles. The molecule has 0 bridgehead atoms. The minimum atomic E-state index is 0.879. The maximum atomic E-state index is 5.17. The highest BCUT2D eigenvalue weighted by atomic mass is 16.3. The van der Waals surface area contributed by atoms with Crippen LogP contribution in [0.4, 0.5) is 0 Å². The standard InChI is InChI=1S/C16H11N3O/c1-2-4-11(5-3-1)16-14-13(18-19-16)6-8-17-15(14)12-7-9-20-10-12/h1-10H,(H,18,19). The van der Waals surface area contributed by atoms with Gasteiger partial charge in [0, 0.05) is 17.3 Å². The van der Waals surface area contributed by atoms with Crippen LogP contribution in [0, 0.1) is 0 Å². The average molecular weight is 261 g/mol. The van der Waals surface area contributed by atoms with Gasteiger partial charge in [-0.05, 0) is 12.1 Å². The first-order valence-electron chi connectivity index (χ1n) is 6.34. The van der Waals surface area contributed by atoms with Crippen molar-refractivity contribution in [1.29, 1.82) is 0 Å². The molecule has 0 atom stereocenters. The van der Waals surface area contributed by atoms with Gasteiger partial charge < -0.3 is 4.42 Å². The Morgan fingerprint density at radius 3 is 2.60 bits per heavy atom. The Morgan fingerprint density at radius 1 is 0.900 bits per heavy atom. The number of nitrogens with one attached hydrogen (secondary N) is 1. The number of fused-ring (bicyclic) bond motifs is 1. The zero-order chi connectivity index (χ0) is 13.4. The Bertz CT molecular complexity index is 848. The van der Waals surface area contributed by atoms with Crippen LogP contribution in [0.2, 0.25) is 0 Å². The molecule has 96 valence electrons. The molecule has 0 aliphatic carbocycles. The zero-order valence-electron chi connectivity index (χ0n) is 10.6. The number of furan rings is 1. The number of aromatic nitrogens is 3. The zero-order valence-corrected chi connectivity index (χ0v) is 10.6. The number of hydrogen-bond donors (Lipinski definition) is 1. The number of rotatable bonds is 2. The summed E-state index contributed by atoms with van der Waals surface area (Å²) in [7, 11) is 0. The van der Waals surface area contributed by atoms with E-state index in [1.807, 2.05) is 42.5 Å². The molecule has 3 aromatic heterocycles. The average Bonchev–Trinajstić information content (AvgIpc) is 3.17. The van der Waals surface area contributed by atoms with Crippen LogP contribution >= 0.6 is 0 Å². The highest BCUT2D eigenvalue weighted by molar-refractivity contribution is 6.01. The van der Waals surface area contributed by atoms with E-state index in [1.54, 1.807) is 18.7 Å². The molecule has 3 heterocycles. The lowest BCUT2D eigenvalue weighted by atomic mass is 10.0. The van der Waals surface area contributed by atoms with E-state index in [0.29, 0.717) is 0 Å². The van der Waals surface area contributed by atoms with E-state index in [1.165, 1.54) is 0 Å². The van der Waals surface area contributed by atoms with Gasteiger partial charge in [-0.3, -0.25) is 10.1 Å². The molecule has 4 rings (SSSR count). The first-order chi connectivity index (χ1) is 9.93. The highest BCUT2D eigenvalue weighted by Gasteiger charge is 2.14. The second-order valence-electron chi connectivity index (χ2n) is 4.53. The molecule has 0 fully saturated rings. The third-order valence-electron chi connectivity index (χ3n) is 3.32. The maximum Gasteiger partial charge on any atom is 0.102 e. The summed E-state index contributed by atoms with van der Waals surface area (Å²) in [5.41, 5.74) is 4.77. The molecule has 0 radical (unpaired) electrons. The van der Waals surface area contributed by atoms with Crippen LogP contribution in [-0.4, -0.2) is 15.2 Å². The van der Waals surface area contributed by atoms with Crippen LogP contribution in [0.1, 0.15) is 0 Å². The van der Waals surface area contributed by atoms with Crippen LogP contribution < -0.4 is 0 Å². The topological polar surface area (TPSA) is 54.7 Å². The SMILES string of the molecule is c1ccc(-c2n[nH]c3ccnc(-c4ccoc4)c23)cc1. The summed E-state index contributed by atoms with van der Waals surface area (Å²) in [6, 6.07) is 13.9. The van der Waals surface area contributed by atoms with Gasteiger partial charge in [-0.25, -0.2) is 0 Å².